The van der Waals surface area contributed by atoms with Crippen LogP contribution in [0.2, 0.25) is 0 Å². The molecule has 4 nitrogen and oxygen atoms in total. The number of hydrogen-bond donors (Lipinski definition) is 2. The molecule has 0 fully saturated rings. The second-order valence-electron chi connectivity index (χ2n) is 5.32. The Hall–Kier alpha value is -0.680. The Labute approximate surface area is 129 Å². The minimum atomic E-state index is -0.319. The van der Waals surface area contributed by atoms with E-state index in [1.807, 2.05) is 13.8 Å². The van der Waals surface area contributed by atoms with Crippen molar-refractivity contribution in [3.05, 3.63) is 0 Å². The molecule has 1 amide bonds. The van der Waals surface area contributed by atoms with E-state index in [4.69, 9.17) is 18.0 Å². The normalized spacial score (nSPS) is 14.1. The molecule has 0 saturated carbocycles. The molecule has 0 aliphatic carbocycles. The van der Waals surface area contributed by atoms with Crippen molar-refractivity contribution in [2.45, 2.75) is 59.4 Å². The molecule has 0 radical (unpaired) electrons. The van der Waals surface area contributed by atoms with Crippen LogP contribution in [0.25, 0.3) is 0 Å². The Balaban J connectivity index is 4.08. The number of nitrogens with two attached hydrogens (primary N) is 1. The molecule has 0 saturated heterocycles. The van der Waals surface area contributed by atoms with Crippen molar-refractivity contribution in [2.24, 2.45) is 11.7 Å². The quantitative estimate of drug-likeness (QED) is 0.575. The third-order valence-corrected chi connectivity index (χ3v) is 3.92. The van der Waals surface area contributed by atoms with Gasteiger partial charge >= 0.3 is 0 Å². The second kappa shape index (κ2) is 11.0. The maximum absolute atomic E-state index is 12.1. The van der Waals surface area contributed by atoms with Crippen molar-refractivity contribution < 1.29 is 4.79 Å². The first-order valence-corrected chi connectivity index (χ1v) is 8.19. The smallest absolute Gasteiger partial charge is 0.230 e. The predicted molar refractivity (Wildman–Crippen MR) is 89.8 cm³/mol. The summed E-state index contributed by atoms with van der Waals surface area (Å²) in [7, 11) is 0. The molecule has 0 heterocycles. The Morgan fingerprint density at radius 2 is 1.85 bits per heavy atom. The van der Waals surface area contributed by atoms with Crippen LogP contribution >= 0.6 is 12.2 Å². The Morgan fingerprint density at radius 3 is 2.30 bits per heavy atom. The van der Waals surface area contributed by atoms with Crippen molar-refractivity contribution in [3.8, 4) is 0 Å². The van der Waals surface area contributed by atoms with Gasteiger partial charge in [-0.2, -0.15) is 0 Å². The van der Waals surface area contributed by atoms with E-state index in [-0.39, 0.29) is 17.9 Å². The number of hydrogen-bond acceptors (Lipinski definition) is 3. The predicted octanol–water partition coefficient (Wildman–Crippen LogP) is 2.32. The topological polar surface area (TPSA) is 58.4 Å². The van der Waals surface area contributed by atoms with Gasteiger partial charge in [-0.25, -0.2) is 0 Å². The largest absolute Gasteiger partial charge is 0.393 e. The molecule has 118 valence electrons. The molecule has 0 rings (SSSR count). The lowest BCUT2D eigenvalue weighted by Gasteiger charge is -2.21. The highest BCUT2D eigenvalue weighted by Gasteiger charge is 2.21. The molecular formula is C15H31N3OS. The SMILES string of the molecule is CCCC(C(=O)NC(C)CCCN(CC)CC)C(N)=S. The van der Waals surface area contributed by atoms with Crippen molar-refractivity contribution in [2.75, 3.05) is 19.6 Å². The molecule has 0 spiro atoms. The van der Waals surface area contributed by atoms with E-state index in [1.54, 1.807) is 0 Å². The fraction of sp³-hybridized carbons (Fsp3) is 0.867. The number of rotatable bonds is 11. The van der Waals surface area contributed by atoms with Crippen molar-refractivity contribution in [1.82, 2.24) is 10.2 Å². The first-order valence-electron chi connectivity index (χ1n) is 7.78. The third-order valence-electron chi connectivity index (χ3n) is 3.63. The first-order chi connectivity index (χ1) is 9.46. The van der Waals surface area contributed by atoms with Crippen LogP contribution in [0.1, 0.15) is 53.4 Å². The van der Waals surface area contributed by atoms with Crippen LogP contribution in [0.3, 0.4) is 0 Å². The van der Waals surface area contributed by atoms with Gasteiger partial charge in [0.15, 0.2) is 0 Å². The van der Waals surface area contributed by atoms with Crippen LogP contribution < -0.4 is 11.1 Å². The highest BCUT2D eigenvalue weighted by atomic mass is 32.1. The number of nitrogens with zero attached hydrogens (tertiary/aromatic N) is 1. The monoisotopic (exact) mass is 301 g/mol. The van der Waals surface area contributed by atoms with Crippen LogP contribution in [0.4, 0.5) is 0 Å². The zero-order chi connectivity index (χ0) is 15.5. The van der Waals surface area contributed by atoms with Crippen molar-refractivity contribution >= 4 is 23.1 Å². The van der Waals surface area contributed by atoms with E-state index >= 15 is 0 Å². The minimum Gasteiger partial charge on any atom is -0.393 e. The van der Waals surface area contributed by atoms with Gasteiger partial charge in [-0.3, -0.25) is 4.79 Å². The molecule has 0 aromatic heterocycles. The number of nitrogens with one attached hydrogen (secondary N) is 1. The van der Waals surface area contributed by atoms with E-state index in [2.05, 4.69) is 24.1 Å². The molecule has 0 aromatic carbocycles. The standard InChI is InChI=1S/C15H31N3OS/c1-5-9-13(14(16)20)15(19)17-12(4)10-8-11-18(6-2)7-3/h12-13H,5-11H2,1-4H3,(H2,16,20)(H,17,19). The molecule has 0 bridgehead atoms. The summed E-state index contributed by atoms with van der Waals surface area (Å²) in [5.41, 5.74) is 5.64. The summed E-state index contributed by atoms with van der Waals surface area (Å²) in [5.74, 6) is -0.338. The molecule has 0 aliphatic rings. The van der Waals surface area contributed by atoms with Crippen LogP contribution in [-0.2, 0) is 4.79 Å². The zero-order valence-corrected chi connectivity index (χ0v) is 14.3. The van der Waals surface area contributed by atoms with Gasteiger partial charge in [0.25, 0.3) is 0 Å². The summed E-state index contributed by atoms with van der Waals surface area (Å²) in [4.78, 5) is 14.8. The number of thiocarbonyl (C=S) groups is 1. The van der Waals surface area contributed by atoms with Gasteiger partial charge in [-0.1, -0.05) is 39.4 Å². The molecule has 5 heteroatoms. The minimum absolute atomic E-state index is 0.0188. The second-order valence-corrected chi connectivity index (χ2v) is 5.79. The van der Waals surface area contributed by atoms with Crippen molar-refractivity contribution in [3.63, 3.8) is 0 Å². The van der Waals surface area contributed by atoms with Gasteiger partial charge in [0.1, 0.15) is 0 Å². The Bertz CT molecular complexity index is 293. The maximum Gasteiger partial charge on any atom is 0.230 e. The molecular weight excluding hydrogens is 270 g/mol. The fourth-order valence-electron chi connectivity index (χ4n) is 2.27. The Morgan fingerprint density at radius 1 is 1.25 bits per heavy atom. The van der Waals surface area contributed by atoms with Gasteiger partial charge in [-0.15, -0.1) is 0 Å². The lowest BCUT2D eigenvalue weighted by atomic mass is 10.0. The van der Waals surface area contributed by atoms with Crippen LogP contribution in [0.15, 0.2) is 0 Å². The number of carbonyl (C=O) groups is 1. The summed E-state index contributed by atoms with van der Waals surface area (Å²) in [6.07, 6.45) is 3.71. The fourth-order valence-corrected chi connectivity index (χ4v) is 2.49. The summed E-state index contributed by atoms with van der Waals surface area (Å²) >= 11 is 4.97. The van der Waals surface area contributed by atoms with E-state index in [0.717, 1.165) is 45.3 Å². The maximum atomic E-state index is 12.1. The average Bonchev–Trinajstić information content (AvgIpc) is 2.40. The average molecular weight is 301 g/mol. The molecule has 3 N–H and O–H groups in total. The lowest BCUT2D eigenvalue weighted by Crippen LogP contribution is -2.42. The van der Waals surface area contributed by atoms with E-state index in [9.17, 15) is 4.79 Å². The summed E-state index contributed by atoms with van der Waals surface area (Å²) in [6, 6.07) is 0.173. The molecule has 20 heavy (non-hydrogen) atoms. The number of amides is 1. The Kier molecular flexibility index (Phi) is 10.7. The number of carbonyl (C=O) groups excluding carboxylic acids is 1. The van der Waals surface area contributed by atoms with E-state index < -0.39 is 0 Å². The molecule has 0 aromatic rings. The van der Waals surface area contributed by atoms with E-state index in [0.29, 0.717) is 4.99 Å². The van der Waals surface area contributed by atoms with E-state index in [1.165, 1.54) is 0 Å². The van der Waals surface area contributed by atoms with Crippen LogP contribution in [0.5, 0.6) is 0 Å². The summed E-state index contributed by atoms with van der Waals surface area (Å²) < 4.78 is 0. The summed E-state index contributed by atoms with van der Waals surface area (Å²) in [6.45, 7) is 11.7. The van der Waals surface area contributed by atoms with Crippen LogP contribution in [0, 0.1) is 5.92 Å². The highest BCUT2D eigenvalue weighted by Crippen LogP contribution is 2.08. The first kappa shape index (κ1) is 19.3. The van der Waals surface area contributed by atoms with Gasteiger partial charge < -0.3 is 16.0 Å². The molecule has 0 aliphatic heterocycles. The van der Waals surface area contributed by atoms with Gasteiger partial charge in [0, 0.05) is 6.04 Å². The lowest BCUT2D eigenvalue weighted by molar-refractivity contribution is -0.123. The van der Waals surface area contributed by atoms with Crippen molar-refractivity contribution in [1.29, 1.82) is 0 Å². The van der Waals surface area contributed by atoms with Gasteiger partial charge in [0.2, 0.25) is 5.91 Å². The highest BCUT2D eigenvalue weighted by molar-refractivity contribution is 7.80. The molecule has 2 atom stereocenters. The van der Waals surface area contributed by atoms with Crippen LogP contribution in [-0.4, -0.2) is 41.5 Å². The third kappa shape index (κ3) is 7.80. The summed E-state index contributed by atoms with van der Waals surface area (Å²) in [5, 5.41) is 3.03. The molecule has 2 unspecified atom stereocenters. The zero-order valence-electron chi connectivity index (χ0n) is 13.4. The van der Waals surface area contributed by atoms with Gasteiger partial charge in [0.05, 0.1) is 10.9 Å². The van der Waals surface area contributed by atoms with Gasteiger partial charge in [-0.05, 0) is 45.8 Å².